The topological polar surface area (TPSA) is 85.2 Å². The van der Waals surface area contributed by atoms with Crippen LogP contribution in [0.5, 0.6) is 5.88 Å². The molecule has 0 saturated carbocycles. The second kappa shape index (κ2) is 8.94. The SMILES string of the molecule is COc1nn(C)cc1C(=O)Nc1ccc(-c2ccc(N3CCCCCC3)nn2)cc1. The van der Waals surface area contributed by atoms with Crippen molar-refractivity contribution in [2.24, 2.45) is 7.05 Å². The van der Waals surface area contributed by atoms with Crippen molar-refractivity contribution in [3.63, 3.8) is 0 Å². The van der Waals surface area contributed by atoms with Gasteiger partial charge in [0.05, 0.1) is 12.8 Å². The van der Waals surface area contributed by atoms with Gasteiger partial charge in [-0.25, -0.2) is 0 Å². The van der Waals surface area contributed by atoms with Crippen LogP contribution in [0.25, 0.3) is 11.3 Å². The van der Waals surface area contributed by atoms with Crippen molar-refractivity contribution in [3.8, 4) is 17.1 Å². The minimum absolute atomic E-state index is 0.269. The molecule has 0 unspecified atom stereocenters. The Morgan fingerprint density at radius 3 is 2.37 bits per heavy atom. The summed E-state index contributed by atoms with van der Waals surface area (Å²) in [5, 5.41) is 15.8. The molecular weight excluding hydrogens is 380 g/mol. The molecule has 156 valence electrons. The number of methoxy groups -OCH3 is 1. The standard InChI is InChI=1S/C22H26N6O2/c1-27-15-18(22(26-27)30-2)21(29)23-17-9-7-16(8-10-17)19-11-12-20(25-24-19)28-13-5-3-4-6-14-28/h7-12,15H,3-6,13-14H2,1-2H3,(H,23,29). The minimum atomic E-state index is -0.269. The van der Waals surface area contributed by atoms with E-state index in [0.717, 1.165) is 30.2 Å². The van der Waals surface area contributed by atoms with Gasteiger partial charge in [0, 0.05) is 37.6 Å². The highest BCUT2D eigenvalue weighted by Crippen LogP contribution is 2.23. The average Bonchev–Trinajstić information content (AvgIpc) is 2.97. The Morgan fingerprint density at radius 2 is 1.73 bits per heavy atom. The maximum atomic E-state index is 12.5. The van der Waals surface area contributed by atoms with E-state index < -0.39 is 0 Å². The van der Waals surface area contributed by atoms with Gasteiger partial charge in [0.15, 0.2) is 5.82 Å². The third-order valence-electron chi connectivity index (χ3n) is 5.25. The number of hydrogen-bond acceptors (Lipinski definition) is 6. The van der Waals surface area contributed by atoms with Gasteiger partial charge in [-0.2, -0.15) is 0 Å². The second-order valence-electron chi connectivity index (χ2n) is 7.44. The maximum absolute atomic E-state index is 12.5. The predicted octanol–water partition coefficient (Wildman–Crippen LogP) is 3.52. The molecule has 0 bridgehead atoms. The van der Waals surface area contributed by atoms with Gasteiger partial charge in [-0.1, -0.05) is 25.0 Å². The first-order valence-electron chi connectivity index (χ1n) is 10.2. The zero-order valence-corrected chi connectivity index (χ0v) is 17.3. The first-order chi connectivity index (χ1) is 14.6. The smallest absolute Gasteiger partial charge is 0.262 e. The van der Waals surface area contributed by atoms with Crippen molar-refractivity contribution >= 4 is 17.4 Å². The van der Waals surface area contributed by atoms with Gasteiger partial charge < -0.3 is 15.0 Å². The van der Waals surface area contributed by atoms with E-state index in [1.165, 1.54) is 32.8 Å². The molecule has 1 saturated heterocycles. The first kappa shape index (κ1) is 19.9. The van der Waals surface area contributed by atoms with Crippen molar-refractivity contribution in [3.05, 3.63) is 48.2 Å². The van der Waals surface area contributed by atoms with Crippen LogP contribution in [0, 0.1) is 0 Å². The molecule has 8 heteroatoms. The number of rotatable bonds is 5. The van der Waals surface area contributed by atoms with Gasteiger partial charge in [0.2, 0.25) is 5.88 Å². The van der Waals surface area contributed by atoms with Crippen molar-refractivity contribution in [1.82, 2.24) is 20.0 Å². The summed E-state index contributed by atoms with van der Waals surface area (Å²) < 4.78 is 6.70. The normalized spacial score (nSPS) is 14.3. The van der Waals surface area contributed by atoms with Gasteiger partial charge in [-0.15, -0.1) is 15.3 Å². The lowest BCUT2D eigenvalue weighted by Gasteiger charge is -2.20. The van der Waals surface area contributed by atoms with Crippen LogP contribution in [-0.2, 0) is 7.05 Å². The Kier molecular flexibility index (Phi) is 5.92. The highest BCUT2D eigenvalue weighted by Gasteiger charge is 2.17. The zero-order valence-electron chi connectivity index (χ0n) is 17.3. The number of carbonyl (C=O) groups is 1. The summed E-state index contributed by atoms with van der Waals surface area (Å²) in [5.74, 6) is 0.968. The molecule has 0 spiro atoms. The fraction of sp³-hybridized carbons (Fsp3) is 0.364. The predicted molar refractivity (Wildman–Crippen MR) is 116 cm³/mol. The van der Waals surface area contributed by atoms with Gasteiger partial charge in [-0.3, -0.25) is 9.48 Å². The molecule has 30 heavy (non-hydrogen) atoms. The van der Waals surface area contributed by atoms with Crippen molar-refractivity contribution < 1.29 is 9.53 Å². The highest BCUT2D eigenvalue weighted by molar-refractivity contribution is 6.05. The Labute approximate surface area is 175 Å². The number of aromatic nitrogens is 4. The lowest BCUT2D eigenvalue weighted by molar-refractivity contribution is 0.102. The molecule has 4 rings (SSSR count). The number of carbonyl (C=O) groups excluding carboxylic acids is 1. The third kappa shape index (κ3) is 4.42. The van der Waals surface area contributed by atoms with E-state index in [2.05, 4.69) is 25.5 Å². The summed E-state index contributed by atoms with van der Waals surface area (Å²) in [7, 11) is 3.24. The zero-order chi connectivity index (χ0) is 20.9. The molecular formula is C22H26N6O2. The Bertz CT molecular complexity index is 989. The molecule has 1 fully saturated rings. The van der Waals surface area contributed by atoms with Crippen LogP contribution in [0.1, 0.15) is 36.0 Å². The Morgan fingerprint density at radius 1 is 1.00 bits per heavy atom. The van der Waals surface area contributed by atoms with Gasteiger partial charge in [-0.05, 0) is 37.1 Å². The lowest BCUT2D eigenvalue weighted by atomic mass is 10.1. The number of nitrogens with zero attached hydrogens (tertiary/aromatic N) is 5. The fourth-order valence-electron chi connectivity index (χ4n) is 3.64. The molecule has 8 nitrogen and oxygen atoms in total. The van der Waals surface area contributed by atoms with Crippen LogP contribution in [0.15, 0.2) is 42.6 Å². The highest BCUT2D eigenvalue weighted by atomic mass is 16.5. The number of ether oxygens (including phenoxy) is 1. The number of aryl methyl sites for hydroxylation is 1. The summed E-state index contributed by atoms with van der Waals surface area (Å²) in [6, 6.07) is 11.6. The summed E-state index contributed by atoms with van der Waals surface area (Å²) in [6.07, 6.45) is 6.63. The third-order valence-corrected chi connectivity index (χ3v) is 5.25. The van der Waals surface area contributed by atoms with Gasteiger partial charge >= 0.3 is 0 Å². The van der Waals surface area contributed by atoms with E-state index in [4.69, 9.17) is 4.74 Å². The van der Waals surface area contributed by atoms with E-state index in [0.29, 0.717) is 17.1 Å². The summed E-state index contributed by atoms with van der Waals surface area (Å²) in [4.78, 5) is 14.8. The Balaban J connectivity index is 1.43. The second-order valence-corrected chi connectivity index (χ2v) is 7.44. The minimum Gasteiger partial charge on any atom is -0.479 e. The van der Waals surface area contributed by atoms with Crippen molar-refractivity contribution in [1.29, 1.82) is 0 Å². The molecule has 3 aromatic rings. The lowest BCUT2D eigenvalue weighted by Crippen LogP contribution is -2.25. The van der Waals surface area contributed by atoms with Crippen LogP contribution in [0.4, 0.5) is 11.5 Å². The van der Waals surface area contributed by atoms with E-state index in [1.54, 1.807) is 17.9 Å². The average molecular weight is 406 g/mol. The van der Waals surface area contributed by atoms with Crippen LogP contribution >= 0.6 is 0 Å². The molecule has 1 aliphatic rings. The molecule has 1 amide bonds. The van der Waals surface area contributed by atoms with Crippen LogP contribution in [0.2, 0.25) is 0 Å². The maximum Gasteiger partial charge on any atom is 0.262 e. The van der Waals surface area contributed by atoms with E-state index in [1.807, 2.05) is 36.4 Å². The van der Waals surface area contributed by atoms with Crippen LogP contribution in [-0.4, -0.2) is 46.1 Å². The number of anilines is 2. The molecule has 1 aromatic carbocycles. The van der Waals surface area contributed by atoms with Crippen molar-refractivity contribution in [2.45, 2.75) is 25.7 Å². The van der Waals surface area contributed by atoms with Crippen LogP contribution in [0.3, 0.4) is 0 Å². The number of benzene rings is 1. The van der Waals surface area contributed by atoms with E-state index in [9.17, 15) is 4.79 Å². The number of amides is 1. The Hall–Kier alpha value is -3.42. The molecule has 0 aliphatic carbocycles. The number of nitrogens with one attached hydrogen (secondary N) is 1. The molecule has 1 N–H and O–H groups in total. The van der Waals surface area contributed by atoms with E-state index >= 15 is 0 Å². The molecule has 1 aliphatic heterocycles. The van der Waals surface area contributed by atoms with E-state index in [-0.39, 0.29) is 5.91 Å². The van der Waals surface area contributed by atoms with Crippen LogP contribution < -0.4 is 15.0 Å². The van der Waals surface area contributed by atoms with Gasteiger partial charge in [0.1, 0.15) is 5.56 Å². The summed E-state index contributed by atoms with van der Waals surface area (Å²) in [5.41, 5.74) is 2.82. The van der Waals surface area contributed by atoms with Gasteiger partial charge in [0.25, 0.3) is 5.91 Å². The van der Waals surface area contributed by atoms with Crippen molar-refractivity contribution in [2.75, 3.05) is 30.4 Å². The summed E-state index contributed by atoms with van der Waals surface area (Å²) in [6.45, 7) is 2.09. The molecule has 3 heterocycles. The molecule has 2 aromatic heterocycles. The monoisotopic (exact) mass is 406 g/mol. The quantitative estimate of drug-likeness (QED) is 0.698. The summed E-state index contributed by atoms with van der Waals surface area (Å²) >= 11 is 0. The molecule has 0 radical (unpaired) electrons. The first-order valence-corrected chi connectivity index (χ1v) is 10.2. The molecule has 0 atom stereocenters. The largest absolute Gasteiger partial charge is 0.479 e. The number of hydrogen-bond donors (Lipinski definition) is 1. The fourth-order valence-corrected chi connectivity index (χ4v) is 3.64.